The molecule has 0 heterocycles. The Labute approximate surface area is 707 Å². The van der Waals surface area contributed by atoms with Crippen LogP contribution in [-0.2, 0) is 65.4 Å². The Morgan fingerprint density at radius 3 is 0.815 bits per heavy atom. The maximum atomic E-state index is 13.3. The zero-order valence-corrected chi connectivity index (χ0v) is 76.6. The average Bonchev–Trinajstić information content (AvgIpc) is 0.913. The summed E-state index contributed by atoms with van der Waals surface area (Å²) < 4.78 is 71.7. The Bertz CT molecular complexity index is 1990. The first-order valence-electron chi connectivity index (χ1n) is 43.9. The van der Waals surface area contributed by atoms with Crippen LogP contribution in [0.15, 0.2) is 0 Å². The Morgan fingerprint density at radius 1 is 0.306 bits per heavy atom. The van der Waals surface area contributed by atoms with Gasteiger partial charge in [-0.25, -0.2) is 13.9 Å². The van der Waals surface area contributed by atoms with E-state index in [1.165, 1.54) is 167 Å². The van der Waals surface area contributed by atoms with Crippen molar-refractivity contribution in [2.45, 2.75) is 438 Å². The number of unbranched alkanes of at least 4 members (excludes halogenated alkanes) is 44. The SMILES string of the molecule is CCCCCCCCCCCCCC(=O)N[C@H](COCC[C@@H](CCCCCCC)OC(=O)CCCCCCCCCCC)COP(=O)(O)OCCNC(=O)NCCOP(=O)(O)OC[C@@H](COCC[C@@H](CCCCCCC)OC(=O)CCCCCCCCCCC)NC(=O)CCCCCCCCCCCCC.[H-].[H-].[Na+].[Na+]. The summed E-state index contributed by atoms with van der Waals surface area (Å²) in [6.07, 6.45) is 59.9. The van der Waals surface area contributed by atoms with Crippen molar-refractivity contribution in [1.29, 1.82) is 0 Å². The molecule has 0 aliphatic heterocycles. The quantitative estimate of drug-likeness (QED) is 0.0143. The number of hydrogen-bond donors (Lipinski definition) is 6. The molecule has 0 saturated carbocycles. The van der Waals surface area contributed by atoms with Gasteiger partial charge in [-0.15, -0.1) is 0 Å². The standard InChI is InChI=1S/C83H164N4O17P2.2Na.2H/c1-7-13-19-25-29-33-35-39-41-47-53-59-79(88)86-75(71-97-67-63-77(57-51-45-23-17-11-5)103-81(90)61-55-49-43-37-31-27-21-15-9-3)73-101-105(93,94)99-69-65-84-83(92)85-66-70-100-106(95,96)102-74-76(87-80(89)60-54-48-42-40-36-34-30-26-20-14-8-2)72-98-68-64-78(58-52-46-24-18-12-6)104-82(91)62-56-50-44-38-32-28-22-16-10-4;;;;/h75-78H,7-74H2,1-6H3,(H,86,88)(H,87,89)(H,93,94)(H,95,96)(H2,84,85,92);;;;/q;2*+1;2*-1/t75-,76-,77-,78-;;;;/m1..../s1. The maximum Gasteiger partial charge on any atom is 1.00 e. The van der Waals surface area contributed by atoms with Gasteiger partial charge >= 0.3 is 92.7 Å². The van der Waals surface area contributed by atoms with Crippen LogP contribution < -0.4 is 80.4 Å². The summed E-state index contributed by atoms with van der Waals surface area (Å²) in [5.74, 6) is -0.846. The fourth-order valence-electron chi connectivity index (χ4n) is 12.9. The van der Waals surface area contributed by atoms with Crippen LogP contribution in [0.5, 0.6) is 0 Å². The maximum absolute atomic E-state index is 13.3. The molecule has 0 fully saturated rings. The zero-order chi connectivity index (χ0) is 77.8. The molecular formula is C83H166N4Na2O17P2. The van der Waals surface area contributed by atoms with Crippen LogP contribution in [0.3, 0.4) is 0 Å². The zero-order valence-electron chi connectivity index (χ0n) is 72.8. The van der Waals surface area contributed by atoms with E-state index in [-0.39, 0.29) is 150 Å². The number of phosphoric ester groups is 2. The number of urea groups is 1. The van der Waals surface area contributed by atoms with Crippen molar-refractivity contribution in [2.75, 3.05) is 65.9 Å². The van der Waals surface area contributed by atoms with Crippen molar-refractivity contribution in [1.82, 2.24) is 21.3 Å². The first-order chi connectivity index (χ1) is 51.5. The molecule has 0 rings (SSSR count). The molecule has 108 heavy (non-hydrogen) atoms. The summed E-state index contributed by atoms with van der Waals surface area (Å²) in [4.78, 5) is 86.8. The van der Waals surface area contributed by atoms with Crippen LogP contribution >= 0.6 is 15.6 Å². The fourth-order valence-corrected chi connectivity index (χ4v) is 14.5. The van der Waals surface area contributed by atoms with E-state index in [1.54, 1.807) is 0 Å². The van der Waals surface area contributed by atoms with E-state index >= 15 is 0 Å². The second-order valence-electron chi connectivity index (χ2n) is 30.0. The minimum absolute atomic E-state index is 0. The Kier molecular flexibility index (Phi) is 86.9. The topological polar surface area (TPSA) is 282 Å². The summed E-state index contributed by atoms with van der Waals surface area (Å²) >= 11 is 0. The predicted molar refractivity (Wildman–Crippen MR) is 434 cm³/mol. The molecule has 632 valence electrons. The van der Waals surface area contributed by atoms with Gasteiger partial charge in [-0.1, -0.05) is 324 Å². The number of hydrogen-bond acceptors (Lipinski definition) is 15. The van der Waals surface area contributed by atoms with Gasteiger partial charge in [0.1, 0.15) is 12.2 Å². The van der Waals surface area contributed by atoms with Gasteiger partial charge in [0.05, 0.1) is 64.9 Å². The van der Waals surface area contributed by atoms with Crippen LogP contribution in [0.1, 0.15) is 417 Å². The predicted octanol–water partition coefficient (Wildman–Crippen LogP) is 16.4. The van der Waals surface area contributed by atoms with Crippen molar-refractivity contribution in [3.63, 3.8) is 0 Å². The molecule has 0 aromatic rings. The number of amides is 4. The second kappa shape index (κ2) is 84.2. The summed E-state index contributed by atoms with van der Waals surface area (Å²) in [6.45, 7) is 11.6. The Hall–Kier alpha value is -0.710. The number of carbonyl (C=O) groups excluding carboxylic acids is 5. The molecule has 6 N–H and O–H groups in total. The molecule has 0 aliphatic rings. The van der Waals surface area contributed by atoms with Crippen molar-refractivity contribution < 1.29 is 142 Å². The fraction of sp³-hybridized carbons (Fsp3) is 0.940. The summed E-state index contributed by atoms with van der Waals surface area (Å²) in [5.41, 5.74) is 0. The molecule has 0 aromatic carbocycles. The molecule has 6 atom stereocenters. The van der Waals surface area contributed by atoms with Crippen molar-refractivity contribution in [2.24, 2.45) is 0 Å². The number of nitrogens with one attached hydrogen (secondary N) is 4. The molecule has 0 aliphatic carbocycles. The van der Waals surface area contributed by atoms with Crippen LogP contribution in [0.2, 0.25) is 0 Å². The summed E-state index contributed by atoms with van der Waals surface area (Å²) in [5, 5.41) is 10.8. The van der Waals surface area contributed by atoms with Crippen LogP contribution in [-0.4, -0.2) is 130 Å². The van der Waals surface area contributed by atoms with E-state index in [9.17, 15) is 42.9 Å². The van der Waals surface area contributed by atoms with Gasteiger partial charge in [0.25, 0.3) is 0 Å². The van der Waals surface area contributed by atoms with E-state index in [0.717, 1.165) is 154 Å². The van der Waals surface area contributed by atoms with E-state index in [0.29, 0.717) is 38.5 Å². The van der Waals surface area contributed by atoms with E-state index in [4.69, 9.17) is 37.0 Å². The number of ether oxygens (including phenoxy) is 4. The van der Waals surface area contributed by atoms with Gasteiger partial charge in [-0.3, -0.25) is 37.3 Å². The van der Waals surface area contributed by atoms with Crippen LogP contribution in [0.25, 0.3) is 0 Å². The number of carbonyl (C=O) groups is 5. The van der Waals surface area contributed by atoms with Crippen LogP contribution in [0.4, 0.5) is 4.79 Å². The van der Waals surface area contributed by atoms with Gasteiger partial charge in [-0.05, 0) is 51.4 Å². The molecule has 0 aromatic heterocycles. The molecule has 0 bridgehead atoms. The molecule has 0 spiro atoms. The normalized spacial score (nSPS) is 13.6. The minimum Gasteiger partial charge on any atom is -1.00 e. The third kappa shape index (κ3) is 80.5. The van der Waals surface area contributed by atoms with Gasteiger partial charge in [-0.2, -0.15) is 0 Å². The summed E-state index contributed by atoms with van der Waals surface area (Å²) in [6, 6.07) is -2.32. The van der Waals surface area contributed by atoms with Gasteiger partial charge in [0.2, 0.25) is 11.8 Å². The molecular weight excluding hydrogens is 1430 g/mol. The van der Waals surface area contributed by atoms with Gasteiger partial charge < -0.3 is 52.9 Å². The third-order valence-electron chi connectivity index (χ3n) is 19.5. The first-order valence-corrected chi connectivity index (χ1v) is 46.9. The molecule has 4 amide bonds. The molecule has 25 heteroatoms. The molecule has 21 nitrogen and oxygen atoms in total. The van der Waals surface area contributed by atoms with Gasteiger partial charge in [0.15, 0.2) is 0 Å². The molecule has 2 unspecified atom stereocenters. The number of esters is 2. The molecule has 0 saturated heterocycles. The van der Waals surface area contributed by atoms with E-state index in [1.807, 2.05) is 0 Å². The van der Waals surface area contributed by atoms with Gasteiger partial charge in [0, 0.05) is 51.6 Å². The third-order valence-corrected chi connectivity index (χ3v) is 21.5. The summed E-state index contributed by atoms with van der Waals surface area (Å²) in [7, 11) is -9.41. The number of phosphoric acid groups is 2. The Morgan fingerprint density at radius 2 is 0.546 bits per heavy atom. The van der Waals surface area contributed by atoms with E-state index in [2.05, 4.69) is 62.8 Å². The monoisotopic (exact) mass is 1600 g/mol. The number of rotatable bonds is 84. The first kappa shape index (κ1) is 111. The van der Waals surface area contributed by atoms with Crippen molar-refractivity contribution in [3.05, 3.63) is 0 Å². The minimum atomic E-state index is -4.70. The molecule has 0 radical (unpaired) electrons. The second-order valence-corrected chi connectivity index (χ2v) is 32.9. The van der Waals surface area contributed by atoms with Crippen molar-refractivity contribution in [3.8, 4) is 0 Å². The van der Waals surface area contributed by atoms with E-state index < -0.39 is 60.2 Å². The smallest absolute Gasteiger partial charge is 1.00 e. The van der Waals surface area contributed by atoms with Crippen LogP contribution in [0, 0.1) is 0 Å². The average molecular weight is 1600 g/mol. The largest absolute Gasteiger partial charge is 1.00 e. The Balaban J connectivity index is -0.00000919. The van der Waals surface area contributed by atoms with Crippen molar-refractivity contribution >= 4 is 45.4 Å².